The van der Waals surface area contributed by atoms with Crippen LogP contribution in [0.4, 0.5) is 4.79 Å². The molecule has 2 unspecified atom stereocenters. The van der Waals surface area contributed by atoms with Gasteiger partial charge in [0.15, 0.2) is 0 Å². The number of aliphatic carboxylic acids is 1. The molecule has 2 rings (SSSR count). The van der Waals surface area contributed by atoms with Gasteiger partial charge in [-0.2, -0.15) is 0 Å². The van der Waals surface area contributed by atoms with E-state index in [1.807, 2.05) is 7.05 Å². The zero-order valence-electron chi connectivity index (χ0n) is 13.2. The molecule has 2 fully saturated rings. The average Bonchev–Trinajstić information content (AvgIpc) is 2.95. The Morgan fingerprint density at radius 3 is 2.38 bits per heavy atom. The Kier molecular flexibility index (Phi) is 5.48. The van der Waals surface area contributed by atoms with Gasteiger partial charge in [0.25, 0.3) is 0 Å². The van der Waals surface area contributed by atoms with Crippen LogP contribution in [0, 0.1) is 11.8 Å². The van der Waals surface area contributed by atoms with Crippen molar-refractivity contribution in [1.29, 1.82) is 0 Å². The molecule has 2 amide bonds. The molecule has 2 N–H and O–H groups in total. The second-order valence-electron chi connectivity index (χ2n) is 6.63. The molecule has 0 radical (unpaired) electrons. The number of amides is 2. The van der Waals surface area contributed by atoms with E-state index in [4.69, 9.17) is 0 Å². The van der Waals surface area contributed by atoms with Gasteiger partial charge in [-0.15, -0.1) is 0 Å². The first-order valence-corrected chi connectivity index (χ1v) is 8.29. The van der Waals surface area contributed by atoms with Crippen LogP contribution in [0.15, 0.2) is 0 Å². The van der Waals surface area contributed by atoms with Gasteiger partial charge < -0.3 is 15.3 Å². The molecule has 21 heavy (non-hydrogen) atoms. The molecule has 0 spiro atoms. The van der Waals surface area contributed by atoms with Crippen LogP contribution in [0.2, 0.25) is 0 Å². The van der Waals surface area contributed by atoms with E-state index in [-0.39, 0.29) is 12.1 Å². The number of nitrogens with zero attached hydrogens (tertiary/aromatic N) is 1. The lowest BCUT2D eigenvalue weighted by Gasteiger charge is -2.35. The zero-order valence-corrected chi connectivity index (χ0v) is 13.2. The predicted octanol–water partition coefficient (Wildman–Crippen LogP) is 2.85. The summed E-state index contributed by atoms with van der Waals surface area (Å²) in [6, 6.07) is -0.00462. The second kappa shape index (κ2) is 7.14. The topological polar surface area (TPSA) is 69.6 Å². The van der Waals surface area contributed by atoms with Crippen molar-refractivity contribution in [3.8, 4) is 0 Å². The van der Waals surface area contributed by atoms with Crippen molar-refractivity contribution in [2.45, 2.75) is 70.4 Å². The number of rotatable bonds is 4. The molecule has 120 valence electrons. The molecule has 2 atom stereocenters. The number of nitrogens with one attached hydrogen (secondary N) is 1. The van der Waals surface area contributed by atoms with Crippen LogP contribution in [0.3, 0.4) is 0 Å². The van der Waals surface area contributed by atoms with Crippen molar-refractivity contribution < 1.29 is 14.7 Å². The Morgan fingerprint density at radius 1 is 1.14 bits per heavy atom. The number of hydrogen-bond acceptors (Lipinski definition) is 2. The third-order valence-corrected chi connectivity index (χ3v) is 5.40. The van der Waals surface area contributed by atoms with Crippen LogP contribution in [0.25, 0.3) is 0 Å². The van der Waals surface area contributed by atoms with Crippen LogP contribution in [0.5, 0.6) is 0 Å². The smallest absolute Gasteiger partial charge is 0.317 e. The largest absolute Gasteiger partial charge is 0.481 e. The number of urea groups is 1. The molecule has 5 nitrogen and oxygen atoms in total. The van der Waals surface area contributed by atoms with Crippen LogP contribution in [0.1, 0.15) is 58.3 Å². The minimum Gasteiger partial charge on any atom is -0.481 e. The molecule has 0 heterocycles. The Balaban J connectivity index is 1.84. The Bertz CT molecular complexity index is 378. The highest BCUT2D eigenvalue weighted by Gasteiger charge is 2.35. The summed E-state index contributed by atoms with van der Waals surface area (Å²) in [6.07, 6.45) is 8.08. The van der Waals surface area contributed by atoms with Crippen LogP contribution in [-0.2, 0) is 4.79 Å². The highest BCUT2D eigenvalue weighted by atomic mass is 16.4. The van der Waals surface area contributed by atoms with E-state index < -0.39 is 11.9 Å². The quantitative estimate of drug-likeness (QED) is 0.838. The standard InChI is InChI=1S/C16H28N2O3/c1-3-11-7-9-12(10-8-11)18(2)16(21)17-14-6-4-5-13(14)15(19)20/h11-14H,3-10H2,1-2H3,(H,17,21)(H,19,20). The van der Waals surface area contributed by atoms with E-state index in [1.165, 1.54) is 19.3 Å². The molecular weight excluding hydrogens is 268 g/mol. The van der Waals surface area contributed by atoms with Gasteiger partial charge >= 0.3 is 12.0 Å². The summed E-state index contributed by atoms with van der Waals surface area (Å²) in [4.78, 5) is 25.3. The summed E-state index contributed by atoms with van der Waals surface area (Å²) in [6.45, 7) is 2.23. The fourth-order valence-electron chi connectivity index (χ4n) is 3.80. The van der Waals surface area contributed by atoms with Crippen LogP contribution in [-0.4, -0.2) is 41.1 Å². The summed E-state index contributed by atoms with van der Waals surface area (Å²) in [5.74, 6) is -0.397. The van der Waals surface area contributed by atoms with Crippen molar-refractivity contribution >= 4 is 12.0 Å². The normalized spacial score (nSPS) is 32.7. The zero-order chi connectivity index (χ0) is 15.4. The van der Waals surface area contributed by atoms with Gasteiger partial charge in [-0.1, -0.05) is 19.8 Å². The maximum atomic E-state index is 12.3. The first-order chi connectivity index (χ1) is 10.0. The first kappa shape index (κ1) is 16.1. The third kappa shape index (κ3) is 3.89. The number of hydrogen-bond donors (Lipinski definition) is 2. The van der Waals surface area contributed by atoms with Crippen LogP contribution < -0.4 is 5.32 Å². The lowest BCUT2D eigenvalue weighted by atomic mass is 9.84. The molecule has 0 saturated heterocycles. The van der Waals surface area contributed by atoms with Crippen molar-refractivity contribution in [2.24, 2.45) is 11.8 Å². The van der Waals surface area contributed by atoms with Crippen molar-refractivity contribution in [2.75, 3.05) is 7.05 Å². The van der Waals surface area contributed by atoms with E-state index in [9.17, 15) is 14.7 Å². The number of carbonyl (C=O) groups is 2. The Labute approximate surface area is 127 Å². The summed E-state index contributed by atoms with van der Waals surface area (Å²) >= 11 is 0. The van der Waals surface area contributed by atoms with Crippen molar-refractivity contribution in [1.82, 2.24) is 10.2 Å². The predicted molar refractivity (Wildman–Crippen MR) is 81.1 cm³/mol. The molecule has 0 aromatic heterocycles. The maximum Gasteiger partial charge on any atom is 0.317 e. The lowest BCUT2D eigenvalue weighted by molar-refractivity contribution is -0.142. The third-order valence-electron chi connectivity index (χ3n) is 5.40. The molecule has 0 aromatic carbocycles. The fraction of sp³-hybridized carbons (Fsp3) is 0.875. The highest BCUT2D eigenvalue weighted by Crippen LogP contribution is 2.30. The van der Waals surface area contributed by atoms with E-state index in [0.717, 1.165) is 31.6 Å². The second-order valence-corrected chi connectivity index (χ2v) is 6.63. The summed E-state index contributed by atoms with van der Waals surface area (Å²) < 4.78 is 0. The molecule has 0 bridgehead atoms. The van der Waals surface area contributed by atoms with Gasteiger partial charge in [-0.25, -0.2) is 4.79 Å². The minimum atomic E-state index is -0.788. The van der Waals surface area contributed by atoms with Gasteiger partial charge in [-0.3, -0.25) is 4.79 Å². The van der Waals surface area contributed by atoms with Crippen molar-refractivity contribution in [3.05, 3.63) is 0 Å². The van der Waals surface area contributed by atoms with E-state index in [1.54, 1.807) is 4.90 Å². The van der Waals surface area contributed by atoms with E-state index in [0.29, 0.717) is 12.5 Å². The van der Waals surface area contributed by atoms with Gasteiger partial charge in [0, 0.05) is 19.1 Å². The average molecular weight is 296 g/mol. The molecule has 2 saturated carbocycles. The van der Waals surface area contributed by atoms with E-state index in [2.05, 4.69) is 12.2 Å². The summed E-state index contributed by atoms with van der Waals surface area (Å²) in [5, 5.41) is 12.1. The molecule has 0 aromatic rings. The maximum absolute atomic E-state index is 12.3. The van der Waals surface area contributed by atoms with Gasteiger partial charge in [0.2, 0.25) is 0 Å². The van der Waals surface area contributed by atoms with Crippen LogP contribution >= 0.6 is 0 Å². The Morgan fingerprint density at radius 2 is 1.81 bits per heavy atom. The SMILES string of the molecule is CCC1CCC(N(C)C(=O)NC2CCCC2C(=O)O)CC1. The molecular formula is C16H28N2O3. The van der Waals surface area contributed by atoms with Gasteiger partial charge in [-0.05, 0) is 44.4 Å². The molecule has 0 aliphatic heterocycles. The van der Waals surface area contributed by atoms with E-state index >= 15 is 0 Å². The number of carboxylic acid groups (broad SMARTS) is 1. The number of carbonyl (C=O) groups excluding carboxylic acids is 1. The fourth-order valence-corrected chi connectivity index (χ4v) is 3.80. The molecule has 2 aliphatic rings. The highest BCUT2D eigenvalue weighted by molar-refractivity contribution is 5.77. The van der Waals surface area contributed by atoms with Gasteiger partial charge in [0.05, 0.1) is 5.92 Å². The lowest BCUT2D eigenvalue weighted by Crippen LogP contribution is -2.50. The monoisotopic (exact) mass is 296 g/mol. The summed E-state index contributed by atoms with van der Waals surface area (Å²) in [5.41, 5.74) is 0. The van der Waals surface area contributed by atoms with Crippen molar-refractivity contribution in [3.63, 3.8) is 0 Å². The molecule has 5 heteroatoms. The minimum absolute atomic E-state index is 0.104. The van der Waals surface area contributed by atoms with Gasteiger partial charge in [0.1, 0.15) is 0 Å². The summed E-state index contributed by atoms with van der Waals surface area (Å²) in [7, 11) is 1.84. The first-order valence-electron chi connectivity index (χ1n) is 8.29. The Hall–Kier alpha value is -1.26. The molecule has 2 aliphatic carbocycles. The number of carboxylic acids is 1.